The zero-order chi connectivity index (χ0) is 13.1. The molecule has 1 aromatic heterocycles. The second kappa shape index (κ2) is 4.75. The molecular weight excluding hydrogens is 236 g/mol. The van der Waals surface area contributed by atoms with Crippen LogP contribution in [0.5, 0.6) is 0 Å². The molecule has 0 fully saturated rings. The van der Waals surface area contributed by atoms with Crippen LogP contribution in [0.15, 0.2) is 40.8 Å². The van der Waals surface area contributed by atoms with Gasteiger partial charge in [-0.1, -0.05) is 12.1 Å². The third-order valence-corrected chi connectivity index (χ3v) is 2.40. The molecule has 0 radical (unpaired) electrons. The maximum absolute atomic E-state index is 11.2. The zero-order valence-electron chi connectivity index (χ0n) is 9.51. The van der Waals surface area contributed by atoms with Crippen LogP contribution < -0.4 is 5.11 Å². The summed E-state index contributed by atoms with van der Waals surface area (Å²) in [5, 5.41) is 10.6. The molecule has 5 heteroatoms. The summed E-state index contributed by atoms with van der Waals surface area (Å²) in [6, 6.07) is 9.27. The van der Waals surface area contributed by atoms with Gasteiger partial charge in [-0.05, 0) is 24.3 Å². The van der Waals surface area contributed by atoms with Crippen molar-refractivity contribution in [3.63, 3.8) is 0 Å². The number of ether oxygens (including phenoxy) is 1. The first-order valence-corrected chi connectivity index (χ1v) is 5.12. The molecule has 92 valence electrons. The van der Waals surface area contributed by atoms with Gasteiger partial charge in [0.05, 0.1) is 12.7 Å². The maximum Gasteiger partial charge on any atom is 0.337 e. The molecule has 2 aromatic rings. The molecule has 0 saturated heterocycles. The number of hydrogen-bond donors (Lipinski definition) is 0. The van der Waals surface area contributed by atoms with Gasteiger partial charge in [0.15, 0.2) is 0 Å². The van der Waals surface area contributed by atoms with Gasteiger partial charge in [0, 0.05) is 5.56 Å². The number of carbonyl (C=O) groups excluding carboxylic acids is 2. The summed E-state index contributed by atoms with van der Waals surface area (Å²) in [6.07, 6.45) is 0. The van der Waals surface area contributed by atoms with Gasteiger partial charge in [-0.2, -0.15) is 0 Å². The van der Waals surface area contributed by atoms with E-state index in [-0.39, 0.29) is 5.76 Å². The van der Waals surface area contributed by atoms with Gasteiger partial charge < -0.3 is 19.1 Å². The van der Waals surface area contributed by atoms with E-state index >= 15 is 0 Å². The van der Waals surface area contributed by atoms with Crippen LogP contribution in [-0.4, -0.2) is 19.0 Å². The van der Waals surface area contributed by atoms with E-state index in [1.165, 1.54) is 19.2 Å². The number of hydrogen-bond acceptors (Lipinski definition) is 5. The molecular formula is C13H9O5-. The Labute approximate surface area is 103 Å². The Hall–Kier alpha value is -2.56. The van der Waals surface area contributed by atoms with E-state index in [1.54, 1.807) is 24.3 Å². The number of rotatable bonds is 3. The van der Waals surface area contributed by atoms with E-state index in [9.17, 15) is 14.7 Å². The van der Waals surface area contributed by atoms with Gasteiger partial charge in [-0.3, -0.25) is 0 Å². The monoisotopic (exact) mass is 245 g/mol. The van der Waals surface area contributed by atoms with Crippen LogP contribution in [0.2, 0.25) is 0 Å². The van der Waals surface area contributed by atoms with Crippen LogP contribution >= 0.6 is 0 Å². The Balaban J connectivity index is 2.28. The molecule has 1 aromatic carbocycles. The lowest BCUT2D eigenvalue weighted by Gasteiger charge is -2.01. The summed E-state index contributed by atoms with van der Waals surface area (Å²) in [4.78, 5) is 21.8. The number of carbonyl (C=O) groups is 2. The summed E-state index contributed by atoms with van der Waals surface area (Å²) in [5.74, 6) is -1.64. The number of methoxy groups -OCH3 is 1. The van der Waals surface area contributed by atoms with E-state index in [4.69, 9.17) is 4.42 Å². The van der Waals surface area contributed by atoms with Crippen molar-refractivity contribution in [3.8, 4) is 11.3 Å². The number of furan rings is 1. The third-order valence-electron chi connectivity index (χ3n) is 2.40. The van der Waals surface area contributed by atoms with Crippen LogP contribution in [0.1, 0.15) is 20.9 Å². The van der Waals surface area contributed by atoms with Crippen LogP contribution in [0.4, 0.5) is 0 Å². The summed E-state index contributed by atoms with van der Waals surface area (Å²) >= 11 is 0. The molecule has 0 amide bonds. The number of benzene rings is 1. The Morgan fingerprint density at radius 1 is 1.11 bits per heavy atom. The average Bonchev–Trinajstić information content (AvgIpc) is 2.88. The van der Waals surface area contributed by atoms with Crippen LogP contribution in [-0.2, 0) is 4.74 Å². The minimum Gasteiger partial charge on any atom is -0.542 e. The fourth-order valence-corrected chi connectivity index (χ4v) is 1.49. The van der Waals surface area contributed by atoms with Gasteiger partial charge in [-0.15, -0.1) is 0 Å². The van der Waals surface area contributed by atoms with Crippen molar-refractivity contribution in [2.24, 2.45) is 0 Å². The highest BCUT2D eigenvalue weighted by Gasteiger charge is 2.08. The normalized spacial score (nSPS) is 10.1. The summed E-state index contributed by atoms with van der Waals surface area (Å²) in [6.45, 7) is 0. The second-order valence-electron chi connectivity index (χ2n) is 3.52. The van der Waals surface area contributed by atoms with Gasteiger partial charge in [0.1, 0.15) is 17.5 Å². The Morgan fingerprint density at radius 2 is 1.78 bits per heavy atom. The fourth-order valence-electron chi connectivity index (χ4n) is 1.49. The third kappa shape index (κ3) is 2.24. The fraction of sp³-hybridized carbons (Fsp3) is 0.0769. The molecule has 0 spiro atoms. The standard InChI is InChI=1S/C13H10O5/c1-17-13(16)9-4-2-8(3-5-9)10-6-7-11(18-10)12(14)15/h2-7H,1H3,(H,14,15)/p-1. The summed E-state index contributed by atoms with van der Waals surface area (Å²) < 4.78 is 9.65. The smallest absolute Gasteiger partial charge is 0.337 e. The number of carboxylic acid groups (broad SMARTS) is 1. The van der Waals surface area contributed by atoms with Gasteiger partial charge >= 0.3 is 5.97 Å². The Kier molecular flexibility index (Phi) is 3.14. The number of aromatic carboxylic acids is 1. The highest BCUT2D eigenvalue weighted by atomic mass is 16.5. The minimum absolute atomic E-state index is 0.234. The molecule has 0 unspecified atom stereocenters. The summed E-state index contributed by atoms with van der Waals surface area (Å²) in [5.41, 5.74) is 1.07. The molecule has 0 saturated carbocycles. The molecule has 0 aliphatic carbocycles. The lowest BCUT2D eigenvalue weighted by atomic mass is 10.1. The van der Waals surface area contributed by atoms with E-state index in [0.717, 1.165) is 0 Å². The number of esters is 1. The molecule has 18 heavy (non-hydrogen) atoms. The topological polar surface area (TPSA) is 79.6 Å². The van der Waals surface area contributed by atoms with Crippen molar-refractivity contribution in [1.82, 2.24) is 0 Å². The van der Waals surface area contributed by atoms with Crippen molar-refractivity contribution in [2.45, 2.75) is 0 Å². The van der Waals surface area contributed by atoms with E-state index in [0.29, 0.717) is 16.9 Å². The largest absolute Gasteiger partial charge is 0.542 e. The Bertz CT molecular complexity index is 580. The lowest BCUT2D eigenvalue weighted by molar-refractivity contribution is -0.257. The maximum atomic E-state index is 11.2. The molecule has 5 nitrogen and oxygen atoms in total. The summed E-state index contributed by atoms with van der Waals surface area (Å²) in [7, 11) is 1.30. The SMILES string of the molecule is COC(=O)c1ccc(-c2ccc(C(=O)[O-])o2)cc1. The highest BCUT2D eigenvalue weighted by Crippen LogP contribution is 2.22. The zero-order valence-corrected chi connectivity index (χ0v) is 9.51. The van der Waals surface area contributed by atoms with Crippen molar-refractivity contribution in [1.29, 1.82) is 0 Å². The molecule has 0 atom stereocenters. The highest BCUT2D eigenvalue weighted by molar-refractivity contribution is 5.90. The lowest BCUT2D eigenvalue weighted by Crippen LogP contribution is -2.21. The van der Waals surface area contributed by atoms with E-state index in [2.05, 4.69) is 4.74 Å². The predicted octanol–water partition coefficient (Wildman–Crippen LogP) is 1.10. The quantitative estimate of drug-likeness (QED) is 0.756. The van der Waals surface area contributed by atoms with Crippen LogP contribution in [0, 0.1) is 0 Å². The second-order valence-corrected chi connectivity index (χ2v) is 3.52. The van der Waals surface area contributed by atoms with Crippen molar-refractivity contribution in [3.05, 3.63) is 47.7 Å². The molecule has 1 heterocycles. The average molecular weight is 245 g/mol. The van der Waals surface area contributed by atoms with Gasteiger partial charge in [-0.25, -0.2) is 4.79 Å². The molecule has 0 bridgehead atoms. The van der Waals surface area contributed by atoms with Gasteiger partial charge in [0.2, 0.25) is 0 Å². The van der Waals surface area contributed by atoms with Crippen LogP contribution in [0.3, 0.4) is 0 Å². The minimum atomic E-state index is -1.37. The van der Waals surface area contributed by atoms with Crippen molar-refractivity contribution < 1.29 is 23.8 Å². The van der Waals surface area contributed by atoms with Crippen molar-refractivity contribution >= 4 is 11.9 Å². The number of carboxylic acids is 1. The molecule has 0 N–H and O–H groups in total. The van der Waals surface area contributed by atoms with E-state index in [1.807, 2.05) is 0 Å². The van der Waals surface area contributed by atoms with Crippen molar-refractivity contribution in [2.75, 3.05) is 7.11 Å². The van der Waals surface area contributed by atoms with E-state index < -0.39 is 11.9 Å². The Morgan fingerprint density at radius 3 is 2.28 bits per heavy atom. The van der Waals surface area contributed by atoms with Crippen LogP contribution in [0.25, 0.3) is 11.3 Å². The van der Waals surface area contributed by atoms with Gasteiger partial charge in [0.25, 0.3) is 0 Å². The predicted molar refractivity (Wildman–Crippen MR) is 59.8 cm³/mol. The molecule has 0 aliphatic rings. The first-order valence-electron chi connectivity index (χ1n) is 5.12. The molecule has 0 aliphatic heterocycles. The first kappa shape index (κ1) is 11.9. The first-order chi connectivity index (χ1) is 8.61. The molecule has 2 rings (SSSR count).